The maximum absolute atomic E-state index is 12.0. The lowest BCUT2D eigenvalue weighted by atomic mass is 9.66. The molecule has 1 N–H and O–H groups in total. The predicted octanol–water partition coefficient (Wildman–Crippen LogP) is 2.14. The van der Waals surface area contributed by atoms with Gasteiger partial charge in [0.25, 0.3) is 0 Å². The topological polar surface area (TPSA) is 65.0 Å². The fourth-order valence-electron chi connectivity index (χ4n) is 3.19. The van der Waals surface area contributed by atoms with Crippen LogP contribution in [0.3, 0.4) is 0 Å². The SMILES string of the molecule is CCOC(=O)C1=C(OC2C=C3COB(O)C3CC2)CCC=C1. The molecule has 3 rings (SSSR count). The molecule has 5 nitrogen and oxygen atoms in total. The van der Waals surface area contributed by atoms with Crippen molar-refractivity contribution in [1.82, 2.24) is 0 Å². The van der Waals surface area contributed by atoms with Gasteiger partial charge in [-0.3, -0.25) is 0 Å². The first-order valence-corrected chi connectivity index (χ1v) is 7.92. The Morgan fingerprint density at radius 3 is 3.18 bits per heavy atom. The quantitative estimate of drug-likeness (QED) is 0.490. The molecule has 1 saturated heterocycles. The first-order chi connectivity index (χ1) is 10.7. The Morgan fingerprint density at radius 2 is 2.36 bits per heavy atom. The Hall–Kier alpha value is -1.53. The summed E-state index contributed by atoms with van der Waals surface area (Å²) in [5, 5.41) is 9.72. The van der Waals surface area contributed by atoms with Crippen molar-refractivity contribution in [3.8, 4) is 0 Å². The van der Waals surface area contributed by atoms with Gasteiger partial charge in [-0.2, -0.15) is 0 Å². The van der Waals surface area contributed by atoms with E-state index >= 15 is 0 Å². The highest BCUT2D eigenvalue weighted by Crippen LogP contribution is 2.39. The molecule has 118 valence electrons. The molecule has 1 heterocycles. The predicted molar refractivity (Wildman–Crippen MR) is 81.9 cm³/mol. The molecule has 0 aromatic heterocycles. The van der Waals surface area contributed by atoms with Gasteiger partial charge in [0.2, 0.25) is 0 Å². The lowest BCUT2D eigenvalue weighted by molar-refractivity contribution is -0.138. The second kappa shape index (κ2) is 6.71. The molecule has 0 amide bonds. The number of carbonyl (C=O) groups is 1. The number of carbonyl (C=O) groups excluding carboxylic acids is 1. The average Bonchev–Trinajstić information content (AvgIpc) is 2.89. The normalized spacial score (nSPS) is 27.5. The highest BCUT2D eigenvalue weighted by molar-refractivity contribution is 6.47. The van der Waals surface area contributed by atoms with Crippen molar-refractivity contribution in [1.29, 1.82) is 0 Å². The Kier molecular flexibility index (Phi) is 4.69. The summed E-state index contributed by atoms with van der Waals surface area (Å²) in [6.07, 6.45) is 8.98. The second-order valence-corrected chi connectivity index (χ2v) is 5.78. The van der Waals surface area contributed by atoms with Crippen molar-refractivity contribution in [2.45, 2.75) is 44.5 Å². The summed E-state index contributed by atoms with van der Waals surface area (Å²) >= 11 is 0. The van der Waals surface area contributed by atoms with Gasteiger partial charge in [0.15, 0.2) is 0 Å². The van der Waals surface area contributed by atoms with E-state index in [4.69, 9.17) is 14.1 Å². The van der Waals surface area contributed by atoms with E-state index in [1.165, 1.54) is 0 Å². The van der Waals surface area contributed by atoms with Crippen LogP contribution in [0.5, 0.6) is 0 Å². The van der Waals surface area contributed by atoms with Gasteiger partial charge in [0, 0.05) is 12.2 Å². The third-order valence-corrected chi connectivity index (χ3v) is 4.32. The van der Waals surface area contributed by atoms with Crippen LogP contribution in [-0.2, 0) is 18.9 Å². The number of hydrogen-bond acceptors (Lipinski definition) is 5. The Balaban J connectivity index is 1.74. The lowest BCUT2D eigenvalue weighted by Gasteiger charge is -2.27. The van der Waals surface area contributed by atoms with E-state index in [1.807, 2.05) is 12.2 Å². The monoisotopic (exact) mass is 304 g/mol. The van der Waals surface area contributed by atoms with Gasteiger partial charge in [-0.25, -0.2) is 4.79 Å². The molecule has 3 aliphatic rings. The maximum atomic E-state index is 12.0. The third-order valence-electron chi connectivity index (χ3n) is 4.32. The average molecular weight is 304 g/mol. The van der Waals surface area contributed by atoms with Crippen LogP contribution in [0.2, 0.25) is 5.82 Å². The van der Waals surface area contributed by atoms with Crippen molar-refractivity contribution in [2.75, 3.05) is 13.2 Å². The molecular weight excluding hydrogens is 283 g/mol. The van der Waals surface area contributed by atoms with Crippen LogP contribution in [-0.4, -0.2) is 37.4 Å². The van der Waals surface area contributed by atoms with E-state index in [9.17, 15) is 9.82 Å². The van der Waals surface area contributed by atoms with Gasteiger partial charge in [0.1, 0.15) is 11.9 Å². The summed E-state index contributed by atoms with van der Waals surface area (Å²) < 4.78 is 16.4. The summed E-state index contributed by atoms with van der Waals surface area (Å²) in [7, 11) is -0.681. The Labute approximate surface area is 130 Å². The minimum absolute atomic E-state index is 0.0638. The zero-order valence-corrected chi connectivity index (χ0v) is 12.8. The van der Waals surface area contributed by atoms with Gasteiger partial charge < -0.3 is 19.2 Å². The molecule has 2 aliphatic carbocycles. The van der Waals surface area contributed by atoms with Crippen LogP contribution in [0.25, 0.3) is 0 Å². The Morgan fingerprint density at radius 1 is 1.50 bits per heavy atom. The Bertz CT molecular complexity index is 537. The summed E-state index contributed by atoms with van der Waals surface area (Å²) in [4.78, 5) is 12.0. The highest BCUT2D eigenvalue weighted by atomic mass is 16.5. The molecule has 0 aromatic carbocycles. The first kappa shape index (κ1) is 15.4. The fourth-order valence-corrected chi connectivity index (χ4v) is 3.19. The molecule has 0 aromatic rings. The number of fused-ring (bicyclic) bond motifs is 1. The fraction of sp³-hybridized carbons (Fsp3) is 0.562. The van der Waals surface area contributed by atoms with Crippen LogP contribution in [0, 0.1) is 0 Å². The number of esters is 1. The molecule has 0 radical (unpaired) electrons. The van der Waals surface area contributed by atoms with Gasteiger partial charge in [-0.05, 0) is 43.9 Å². The molecule has 0 spiro atoms. The van der Waals surface area contributed by atoms with Crippen molar-refractivity contribution >= 4 is 13.1 Å². The summed E-state index contributed by atoms with van der Waals surface area (Å²) in [5.74, 6) is 0.486. The molecule has 6 heteroatoms. The highest BCUT2D eigenvalue weighted by Gasteiger charge is 2.39. The van der Waals surface area contributed by atoms with E-state index < -0.39 is 7.12 Å². The van der Waals surface area contributed by atoms with E-state index in [2.05, 4.69) is 0 Å². The lowest BCUT2D eigenvalue weighted by Crippen LogP contribution is -2.24. The molecule has 0 saturated carbocycles. The van der Waals surface area contributed by atoms with Crippen LogP contribution in [0.4, 0.5) is 0 Å². The minimum Gasteiger partial charge on any atom is -0.490 e. The molecule has 2 unspecified atom stereocenters. The van der Waals surface area contributed by atoms with Crippen molar-refractivity contribution in [3.63, 3.8) is 0 Å². The van der Waals surface area contributed by atoms with Crippen LogP contribution in [0.1, 0.15) is 32.6 Å². The van der Waals surface area contributed by atoms with Crippen molar-refractivity contribution in [2.24, 2.45) is 0 Å². The zero-order valence-electron chi connectivity index (χ0n) is 12.8. The number of allylic oxidation sites excluding steroid dienone is 2. The van der Waals surface area contributed by atoms with Crippen molar-refractivity contribution in [3.05, 3.63) is 35.1 Å². The van der Waals surface area contributed by atoms with Crippen molar-refractivity contribution < 1.29 is 23.9 Å². The summed E-state index contributed by atoms with van der Waals surface area (Å²) in [6.45, 7) is 2.62. The van der Waals surface area contributed by atoms with E-state index in [0.717, 1.165) is 24.8 Å². The van der Waals surface area contributed by atoms with E-state index in [0.29, 0.717) is 31.0 Å². The molecule has 0 bridgehead atoms. The molecular formula is C16H21BO5. The van der Waals surface area contributed by atoms with Crippen LogP contribution < -0.4 is 0 Å². The van der Waals surface area contributed by atoms with Gasteiger partial charge in [-0.15, -0.1) is 0 Å². The zero-order chi connectivity index (χ0) is 15.5. The molecule has 2 atom stereocenters. The molecule has 1 fully saturated rings. The van der Waals surface area contributed by atoms with Gasteiger partial charge >= 0.3 is 13.1 Å². The van der Waals surface area contributed by atoms with Gasteiger partial charge in [0.05, 0.1) is 18.8 Å². The summed E-state index contributed by atoms with van der Waals surface area (Å²) in [6, 6.07) is 0. The van der Waals surface area contributed by atoms with Crippen LogP contribution in [0.15, 0.2) is 35.1 Å². The molecule has 1 aliphatic heterocycles. The van der Waals surface area contributed by atoms with Crippen LogP contribution >= 0.6 is 0 Å². The minimum atomic E-state index is -0.681. The number of ether oxygens (including phenoxy) is 2. The largest absolute Gasteiger partial charge is 0.490 e. The number of rotatable bonds is 4. The third kappa shape index (κ3) is 3.13. The van der Waals surface area contributed by atoms with E-state index in [1.54, 1.807) is 13.0 Å². The standard InChI is InChI=1S/C16H21BO5/c1-2-20-16(18)13-5-3-4-6-15(13)22-12-7-8-14-11(9-12)10-21-17(14)19/h3,5,9,12,14,19H,2,4,6-8,10H2,1H3. The maximum Gasteiger partial charge on any atom is 0.462 e. The second-order valence-electron chi connectivity index (χ2n) is 5.78. The number of hydrogen-bond donors (Lipinski definition) is 1. The van der Waals surface area contributed by atoms with E-state index in [-0.39, 0.29) is 17.9 Å². The molecule has 22 heavy (non-hydrogen) atoms. The van der Waals surface area contributed by atoms with Gasteiger partial charge in [-0.1, -0.05) is 6.08 Å². The summed E-state index contributed by atoms with van der Waals surface area (Å²) in [5.41, 5.74) is 1.63. The smallest absolute Gasteiger partial charge is 0.462 e. The first-order valence-electron chi connectivity index (χ1n) is 7.92.